The summed E-state index contributed by atoms with van der Waals surface area (Å²) < 4.78 is 12.0. The SMILES string of the molecule is C[C@@H]1CCN(c2ccc3c(c2)OC[C@H]2[C@H](CNC(=O)c4ccc(Cl)s4)OC(=O)N32)C(=O)C1. The molecule has 0 saturated carbocycles. The second-order valence-corrected chi connectivity index (χ2v) is 9.99. The molecule has 1 N–H and O–H groups in total. The molecule has 3 aliphatic heterocycles. The molecule has 0 unspecified atom stereocenters. The van der Waals surface area contributed by atoms with E-state index < -0.39 is 12.2 Å². The van der Waals surface area contributed by atoms with Gasteiger partial charge in [-0.25, -0.2) is 4.79 Å². The molecule has 0 spiro atoms. The molecule has 2 aromatic rings. The maximum atomic E-state index is 12.6. The van der Waals surface area contributed by atoms with E-state index in [9.17, 15) is 14.4 Å². The van der Waals surface area contributed by atoms with Crippen LogP contribution in [-0.4, -0.2) is 49.7 Å². The number of carbonyl (C=O) groups excluding carboxylic acids is 3. The number of benzene rings is 1. The lowest BCUT2D eigenvalue weighted by molar-refractivity contribution is -0.120. The van der Waals surface area contributed by atoms with Crippen molar-refractivity contribution < 1.29 is 23.9 Å². The zero-order valence-electron chi connectivity index (χ0n) is 17.4. The van der Waals surface area contributed by atoms with Gasteiger partial charge in [0.15, 0.2) is 0 Å². The first-order chi connectivity index (χ1) is 15.4. The Hall–Kier alpha value is -2.78. The lowest BCUT2D eigenvalue weighted by Gasteiger charge is -2.34. The van der Waals surface area contributed by atoms with Crippen LogP contribution in [0.3, 0.4) is 0 Å². The summed E-state index contributed by atoms with van der Waals surface area (Å²) in [5.74, 6) is 0.765. The fourth-order valence-corrected chi connectivity index (χ4v) is 5.30. The van der Waals surface area contributed by atoms with Gasteiger partial charge in [-0.1, -0.05) is 18.5 Å². The molecule has 32 heavy (non-hydrogen) atoms. The number of piperidine rings is 1. The first-order valence-electron chi connectivity index (χ1n) is 10.5. The third kappa shape index (κ3) is 3.80. The van der Waals surface area contributed by atoms with Gasteiger partial charge < -0.3 is 19.7 Å². The highest BCUT2D eigenvalue weighted by Gasteiger charge is 2.46. The number of cyclic esters (lactones) is 1. The number of carbonyl (C=O) groups is 3. The predicted molar refractivity (Wildman–Crippen MR) is 121 cm³/mol. The van der Waals surface area contributed by atoms with E-state index in [-0.39, 0.29) is 31.0 Å². The Morgan fingerprint density at radius 3 is 2.88 bits per heavy atom. The van der Waals surface area contributed by atoms with Crippen LogP contribution in [0.1, 0.15) is 29.4 Å². The minimum Gasteiger partial charge on any atom is -0.489 e. The number of rotatable bonds is 4. The molecule has 3 amide bonds. The zero-order chi connectivity index (χ0) is 22.4. The topological polar surface area (TPSA) is 88.2 Å². The average Bonchev–Trinajstić information content (AvgIpc) is 3.35. The number of hydrogen-bond donors (Lipinski definition) is 1. The third-order valence-electron chi connectivity index (χ3n) is 6.06. The van der Waals surface area contributed by atoms with E-state index in [1.54, 1.807) is 28.0 Å². The normalized spacial score (nSPS) is 24.5. The Morgan fingerprint density at radius 1 is 1.28 bits per heavy atom. The van der Waals surface area contributed by atoms with Gasteiger partial charge in [0.2, 0.25) is 5.91 Å². The van der Waals surface area contributed by atoms with E-state index in [1.807, 2.05) is 12.1 Å². The molecular formula is C22H22ClN3O5S. The van der Waals surface area contributed by atoms with Crippen molar-refractivity contribution in [2.75, 3.05) is 29.5 Å². The molecule has 1 aromatic carbocycles. The van der Waals surface area contributed by atoms with Crippen LogP contribution in [-0.2, 0) is 9.53 Å². The minimum atomic E-state index is -0.542. The zero-order valence-corrected chi connectivity index (χ0v) is 18.9. The van der Waals surface area contributed by atoms with Gasteiger partial charge in [0.05, 0.1) is 21.4 Å². The highest BCUT2D eigenvalue weighted by molar-refractivity contribution is 7.18. The molecule has 2 fully saturated rings. The molecule has 4 heterocycles. The molecule has 168 valence electrons. The Labute approximate surface area is 194 Å². The summed E-state index contributed by atoms with van der Waals surface area (Å²) in [6.45, 7) is 3.15. The molecule has 8 nitrogen and oxygen atoms in total. The number of anilines is 2. The fourth-order valence-electron chi connectivity index (χ4n) is 4.34. The second kappa shape index (κ2) is 8.29. The van der Waals surface area contributed by atoms with Crippen LogP contribution < -0.4 is 19.9 Å². The maximum Gasteiger partial charge on any atom is 0.415 e. The van der Waals surface area contributed by atoms with Crippen molar-refractivity contribution in [1.82, 2.24) is 5.32 Å². The van der Waals surface area contributed by atoms with Crippen molar-refractivity contribution >= 4 is 52.2 Å². The summed E-state index contributed by atoms with van der Waals surface area (Å²) in [6.07, 6.45) is 0.465. The van der Waals surface area contributed by atoms with E-state index in [1.165, 1.54) is 11.3 Å². The Kier molecular flexibility index (Phi) is 5.46. The first-order valence-corrected chi connectivity index (χ1v) is 11.7. The lowest BCUT2D eigenvalue weighted by Crippen LogP contribution is -2.48. The van der Waals surface area contributed by atoms with Crippen LogP contribution in [0.4, 0.5) is 16.2 Å². The van der Waals surface area contributed by atoms with E-state index in [2.05, 4.69) is 12.2 Å². The molecule has 3 atom stereocenters. The molecule has 5 rings (SSSR count). The van der Waals surface area contributed by atoms with Crippen LogP contribution in [0.25, 0.3) is 0 Å². The number of nitrogens with zero attached hydrogens (tertiary/aromatic N) is 2. The number of amides is 3. The van der Waals surface area contributed by atoms with Crippen molar-refractivity contribution in [3.63, 3.8) is 0 Å². The highest BCUT2D eigenvalue weighted by atomic mass is 35.5. The molecule has 2 saturated heterocycles. The number of fused-ring (bicyclic) bond motifs is 3. The summed E-state index contributed by atoms with van der Waals surface area (Å²) >= 11 is 7.08. The predicted octanol–water partition coefficient (Wildman–Crippen LogP) is 3.68. The van der Waals surface area contributed by atoms with Crippen molar-refractivity contribution in [2.45, 2.75) is 31.9 Å². The minimum absolute atomic E-state index is 0.0980. The molecule has 0 radical (unpaired) electrons. The molecule has 10 heteroatoms. The molecule has 0 bridgehead atoms. The van der Waals surface area contributed by atoms with Crippen molar-refractivity contribution in [3.05, 3.63) is 39.5 Å². The summed E-state index contributed by atoms with van der Waals surface area (Å²) in [7, 11) is 0. The number of halogens is 1. The average molecular weight is 476 g/mol. The van der Waals surface area contributed by atoms with E-state index >= 15 is 0 Å². The van der Waals surface area contributed by atoms with Crippen molar-refractivity contribution in [3.8, 4) is 5.75 Å². The number of hydrogen-bond acceptors (Lipinski definition) is 6. The van der Waals surface area contributed by atoms with Crippen LogP contribution in [0, 0.1) is 5.92 Å². The summed E-state index contributed by atoms with van der Waals surface area (Å²) in [4.78, 5) is 41.2. The van der Waals surface area contributed by atoms with Gasteiger partial charge in [-0.2, -0.15) is 0 Å². The Bertz CT molecular complexity index is 1090. The Morgan fingerprint density at radius 2 is 2.12 bits per heavy atom. The van der Waals surface area contributed by atoms with E-state index in [0.29, 0.717) is 39.5 Å². The van der Waals surface area contributed by atoms with Gasteiger partial charge >= 0.3 is 6.09 Å². The fraction of sp³-hybridized carbons (Fsp3) is 0.409. The number of ether oxygens (including phenoxy) is 2. The highest BCUT2D eigenvalue weighted by Crippen LogP contribution is 2.41. The molecule has 1 aromatic heterocycles. The molecule has 0 aliphatic carbocycles. The maximum absolute atomic E-state index is 12.6. The van der Waals surface area contributed by atoms with Crippen LogP contribution in [0.2, 0.25) is 4.34 Å². The van der Waals surface area contributed by atoms with Gasteiger partial charge in [-0.3, -0.25) is 14.5 Å². The molecular weight excluding hydrogens is 454 g/mol. The van der Waals surface area contributed by atoms with Crippen LogP contribution >= 0.6 is 22.9 Å². The van der Waals surface area contributed by atoms with Crippen molar-refractivity contribution in [1.29, 1.82) is 0 Å². The van der Waals surface area contributed by atoms with Crippen LogP contribution in [0.5, 0.6) is 5.75 Å². The standard InChI is InChI=1S/C22H22ClN3O5S/c1-12-6-7-25(20(27)8-12)13-2-3-14-16(9-13)30-11-15-17(31-22(29)26(14)15)10-24-21(28)18-4-5-19(23)32-18/h2-5,9,12,15,17H,6-8,10-11H2,1H3,(H,24,28)/t12-,15+,17+/m1/s1. The Balaban J connectivity index is 1.29. The van der Waals surface area contributed by atoms with Gasteiger partial charge in [0.25, 0.3) is 5.91 Å². The smallest absolute Gasteiger partial charge is 0.415 e. The van der Waals surface area contributed by atoms with E-state index in [4.69, 9.17) is 21.1 Å². The number of thiophene rings is 1. The van der Waals surface area contributed by atoms with Crippen LogP contribution in [0.15, 0.2) is 30.3 Å². The summed E-state index contributed by atoms with van der Waals surface area (Å²) in [6, 6.07) is 8.39. The number of nitrogens with one attached hydrogen (secondary N) is 1. The van der Waals surface area contributed by atoms with Gasteiger partial charge in [0, 0.05) is 24.7 Å². The monoisotopic (exact) mass is 475 g/mol. The summed E-state index contributed by atoms with van der Waals surface area (Å²) in [5.41, 5.74) is 1.37. The first kappa shape index (κ1) is 21.1. The second-order valence-electron chi connectivity index (χ2n) is 8.28. The quantitative estimate of drug-likeness (QED) is 0.728. The largest absolute Gasteiger partial charge is 0.489 e. The third-order valence-corrected chi connectivity index (χ3v) is 7.29. The van der Waals surface area contributed by atoms with Gasteiger partial charge in [0.1, 0.15) is 24.5 Å². The van der Waals surface area contributed by atoms with Gasteiger partial charge in [-0.15, -0.1) is 11.3 Å². The molecule has 3 aliphatic rings. The van der Waals surface area contributed by atoms with Gasteiger partial charge in [-0.05, 0) is 36.6 Å². The van der Waals surface area contributed by atoms with Crippen molar-refractivity contribution in [2.24, 2.45) is 5.92 Å². The van der Waals surface area contributed by atoms with E-state index in [0.717, 1.165) is 12.1 Å². The lowest BCUT2D eigenvalue weighted by atomic mass is 9.98. The summed E-state index contributed by atoms with van der Waals surface area (Å²) in [5, 5.41) is 2.80.